The molecule has 0 atom stereocenters. The van der Waals surface area contributed by atoms with Crippen LogP contribution in [0.5, 0.6) is 5.75 Å². The lowest BCUT2D eigenvalue weighted by molar-refractivity contribution is -0.115. The predicted molar refractivity (Wildman–Crippen MR) is 104 cm³/mol. The third-order valence-electron chi connectivity index (χ3n) is 3.59. The second kappa shape index (κ2) is 8.42. The molecule has 2 aromatic rings. The number of rotatable bonds is 7. The quantitative estimate of drug-likeness (QED) is 0.734. The van der Waals surface area contributed by atoms with Crippen LogP contribution < -0.4 is 14.8 Å². The SMILES string of the molecule is CCOc1ccc(S(=O)(=O)Nc2ccc(Cl)cc2C)cc1NC(=O)CC. The van der Waals surface area contributed by atoms with Gasteiger partial charge < -0.3 is 10.1 Å². The maximum atomic E-state index is 12.7. The molecule has 0 aromatic heterocycles. The van der Waals surface area contributed by atoms with Crippen LogP contribution in [-0.4, -0.2) is 20.9 Å². The Labute approximate surface area is 158 Å². The van der Waals surface area contributed by atoms with Gasteiger partial charge in [0.15, 0.2) is 0 Å². The first-order chi connectivity index (χ1) is 12.3. The summed E-state index contributed by atoms with van der Waals surface area (Å²) in [6.45, 7) is 5.67. The molecule has 0 unspecified atom stereocenters. The van der Waals surface area contributed by atoms with Gasteiger partial charge in [-0.05, 0) is 55.8 Å². The van der Waals surface area contributed by atoms with Gasteiger partial charge in [0.2, 0.25) is 5.91 Å². The number of ether oxygens (including phenoxy) is 1. The average Bonchev–Trinajstić information content (AvgIpc) is 2.59. The molecule has 6 nitrogen and oxygen atoms in total. The second-order valence-corrected chi connectivity index (χ2v) is 7.68. The van der Waals surface area contributed by atoms with Crippen LogP contribution in [0.25, 0.3) is 0 Å². The van der Waals surface area contributed by atoms with E-state index in [2.05, 4.69) is 10.0 Å². The molecule has 0 radical (unpaired) electrons. The smallest absolute Gasteiger partial charge is 0.261 e. The van der Waals surface area contributed by atoms with Gasteiger partial charge in [-0.15, -0.1) is 0 Å². The molecule has 0 spiro atoms. The van der Waals surface area contributed by atoms with Crippen molar-refractivity contribution in [2.24, 2.45) is 0 Å². The van der Waals surface area contributed by atoms with Gasteiger partial charge in [-0.1, -0.05) is 18.5 Å². The fraction of sp³-hybridized carbons (Fsp3) is 0.278. The van der Waals surface area contributed by atoms with E-state index >= 15 is 0 Å². The topological polar surface area (TPSA) is 84.5 Å². The Morgan fingerprint density at radius 1 is 1.12 bits per heavy atom. The van der Waals surface area contributed by atoms with Crippen LogP contribution >= 0.6 is 11.6 Å². The largest absolute Gasteiger partial charge is 0.492 e. The van der Waals surface area contributed by atoms with Gasteiger partial charge in [-0.25, -0.2) is 8.42 Å². The van der Waals surface area contributed by atoms with Crippen molar-refractivity contribution in [3.63, 3.8) is 0 Å². The minimum atomic E-state index is -3.85. The molecule has 26 heavy (non-hydrogen) atoms. The first-order valence-corrected chi connectivity index (χ1v) is 9.98. The third-order valence-corrected chi connectivity index (χ3v) is 5.19. The van der Waals surface area contributed by atoms with Crippen molar-refractivity contribution < 1.29 is 17.9 Å². The van der Waals surface area contributed by atoms with Crippen molar-refractivity contribution in [3.8, 4) is 5.75 Å². The molecule has 0 aliphatic heterocycles. The highest BCUT2D eigenvalue weighted by Gasteiger charge is 2.18. The first-order valence-electron chi connectivity index (χ1n) is 8.12. The number of aryl methyl sites for hydroxylation is 1. The zero-order valence-electron chi connectivity index (χ0n) is 14.8. The number of carbonyl (C=O) groups excluding carboxylic acids is 1. The minimum absolute atomic E-state index is 0.0155. The lowest BCUT2D eigenvalue weighted by atomic mass is 10.2. The van der Waals surface area contributed by atoms with Crippen molar-refractivity contribution in [1.82, 2.24) is 0 Å². The Morgan fingerprint density at radius 2 is 1.85 bits per heavy atom. The first kappa shape index (κ1) is 20.1. The summed E-state index contributed by atoms with van der Waals surface area (Å²) in [4.78, 5) is 11.7. The van der Waals surface area contributed by atoms with Crippen LogP contribution in [0.3, 0.4) is 0 Å². The molecule has 0 aliphatic rings. The fourth-order valence-corrected chi connectivity index (χ4v) is 3.62. The van der Waals surface area contributed by atoms with Gasteiger partial charge in [-0.2, -0.15) is 0 Å². The number of hydrogen-bond acceptors (Lipinski definition) is 4. The molecule has 140 valence electrons. The van der Waals surface area contributed by atoms with Crippen molar-refractivity contribution in [3.05, 3.63) is 47.0 Å². The fourth-order valence-electron chi connectivity index (χ4n) is 2.24. The second-order valence-electron chi connectivity index (χ2n) is 5.56. The predicted octanol–water partition coefficient (Wildman–Crippen LogP) is 4.20. The van der Waals surface area contributed by atoms with E-state index in [9.17, 15) is 13.2 Å². The van der Waals surface area contributed by atoms with E-state index < -0.39 is 10.0 Å². The van der Waals surface area contributed by atoms with Crippen LogP contribution in [0, 0.1) is 6.92 Å². The molecule has 0 saturated heterocycles. The van der Waals surface area contributed by atoms with E-state index in [1.54, 1.807) is 39.0 Å². The normalized spacial score (nSPS) is 11.1. The van der Waals surface area contributed by atoms with Crippen LogP contribution in [-0.2, 0) is 14.8 Å². The Hall–Kier alpha value is -2.25. The standard InChI is InChI=1S/C18H21ClN2O4S/c1-4-18(22)20-16-11-14(7-9-17(16)25-5-2)26(23,24)21-15-8-6-13(19)10-12(15)3/h6-11,21H,4-5H2,1-3H3,(H,20,22). The van der Waals surface area contributed by atoms with Crippen molar-refractivity contribution in [2.75, 3.05) is 16.6 Å². The van der Waals surface area contributed by atoms with Gasteiger partial charge in [0.05, 0.1) is 22.9 Å². The van der Waals surface area contributed by atoms with E-state index in [0.717, 1.165) is 0 Å². The number of nitrogens with one attached hydrogen (secondary N) is 2. The molecular weight excluding hydrogens is 376 g/mol. The molecule has 0 saturated carbocycles. The monoisotopic (exact) mass is 396 g/mol. The third kappa shape index (κ3) is 4.89. The molecule has 0 heterocycles. The van der Waals surface area contributed by atoms with Gasteiger partial charge in [-0.3, -0.25) is 9.52 Å². The van der Waals surface area contributed by atoms with E-state index in [4.69, 9.17) is 16.3 Å². The molecule has 2 aromatic carbocycles. The summed E-state index contributed by atoms with van der Waals surface area (Å²) in [5.41, 5.74) is 1.45. The Balaban J connectivity index is 2.38. The van der Waals surface area contributed by atoms with E-state index in [1.807, 2.05) is 0 Å². The number of amides is 1. The van der Waals surface area contributed by atoms with Gasteiger partial charge >= 0.3 is 0 Å². The summed E-state index contributed by atoms with van der Waals surface area (Å²) >= 11 is 5.90. The number of carbonyl (C=O) groups is 1. The summed E-state index contributed by atoms with van der Waals surface area (Å²) in [5.74, 6) is 0.179. The molecule has 2 rings (SSSR count). The van der Waals surface area contributed by atoms with Gasteiger partial charge in [0.1, 0.15) is 5.75 Å². The highest BCUT2D eigenvalue weighted by atomic mass is 35.5. The zero-order valence-corrected chi connectivity index (χ0v) is 16.4. The number of halogens is 1. The van der Waals surface area contributed by atoms with Crippen molar-refractivity contribution in [2.45, 2.75) is 32.1 Å². The van der Waals surface area contributed by atoms with Crippen molar-refractivity contribution >= 4 is 38.9 Å². The lowest BCUT2D eigenvalue weighted by Crippen LogP contribution is -2.16. The number of anilines is 2. The molecule has 0 bridgehead atoms. The number of hydrogen-bond donors (Lipinski definition) is 2. The summed E-state index contributed by atoms with van der Waals surface area (Å²) < 4.78 is 33.4. The van der Waals surface area contributed by atoms with Gasteiger partial charge in [0.25, 0.3) is 10.0 Å². The summed E-state index contributed by atoms with van der Waals surface area (Å²) in [5, 5.41) is 3.19. The lowest BCUT2D eigenvalue weighted by Gasteiger charge is -2.15. The van der Waals surface area contributed by atoms with Crippen LogP contribution in [0.2, 0.25) is 5.02 Å². The minimum Gasteiger partial charge on any atom is -0.492 e. The summed E-state index contributed by atoms with van der Waals surface area (Å²) in [7, 11) is -3.85. The van der Waals surface area contributed by atoms with Gasteiger partial charge in [0, 0.05) is 11.4 Å². The molecule has 2 N–H and O–H groups in total. The van der Waals surface area contributed by atoms with Crippen LogP contribution in [0.4, 0.5) is 11.4 Å². The Kier molecular flexibility index (Phi) is 6.50. The molecule has 0 aliphatic carbocycles. The van der Waals surface area contributed by atoms with E-state index in [0.29, 0.717) is 34.3 Å². The maximum absolute atomic E-state index is 12.7. The highest BCUT2D eigenvalue weighted by Crippen LogP contribution is 2.30. The highest BCUT2D eigenvalue weighted by molar-refractivity contribution is 7.92. The zero-order chi connectivity index (χ0) is 19.3. The average molecular weight is 397 g/mol. The molecule has 8 heteroatoms. The maximum Gasteiger partial charge on any atom is 0.261 e. The molecule has 0 fully saturated rings. The van der Waals surface area contributed by atoms with Crippen LogP contribution in [0.1, 0.15) is 25.8 Å². The van der Waals surface area contributed by atoms with E-state index in [1.165, 1.54) is 18.2 Å². The molecule has 1 amide bonds. The van der Waals surface area contributed by atoms with E-state index in [-0.39, 0.29) is 17.2 Å². The summed E-state index contributed by atoms with van der Waals surface area (Å²) in [6, 6.07) is 9.22. The van der Waals surface area contributed by atoms with Crippen LogP contribution in [0.15, 0.2) is 41.3 Å². The molecular formula is C18H21ClN2O4S. The Bertz CT molecular complexity index is 913. The van der Waals surface area contributed by atoms with Crippen molar-refractivity contribution in [1.29, 1.82) is 0 Å². The number of sulfonamides is 1. The summed E-state index contributed by atoms with van der Waals surface area (Å²) in [6.07, 6.45) is 0.269. The number of benzene rings is 2. The Morgan fingerprint density at radius 3 is 2.46 bits per heavy atom.